The Morgan fingerprint density at radius 3 is 2.90 bits per heavy atom. The molecular formula is C4H8N4O2. The third-order valence-electron chi connectivity index (χ3n) is 0.921. The van der Waals surface area contributed by atoms with E-state index < -0.39 is 12.0 Å². The highest BCUT2D eigenvalue weighted by atomic mass is 16.4. The Labute approximate surface area is 57.3 Å². The summed E-state index contributed by atoms with van der Waals surface area (Å²) in [7, 11) is 0. The summed E-state index contributed by atoms with van der Waals surface area (Å²) >= 11 is 0. The van der Waals surface area contributed by atoms with Crippen LogP contribution in [0.2, 0.25) is 0 Å². The van der Waals surface area contributed by atoms with Gasteiger partial charge in [-0.1, -0.05) is 5.11 Å². The fraction of sp³-hybridized carbons (Fsp3) is 0.750. The van der Waals surface area contributed by atoms with Gasteiger partial charge in [-0.3, -0.25) is 4.79 Å². The van der Waals surface area contributed by atoms with Gasteiger partial charge in [-0.2, -0.15) is 0 Å². The van der Waals surface area contributed by atoms with Gasteiger partial charge >= 0.3 is 5.97 Å². The number of carbonyl (C=O) groups is 1. The van der Waals surface area contributed by atoms with Gasteiger partial charge < -0.3 is 10.8 Å². The quantitative estimate of drug-likeness (QED) is 0.331. The van der Waals surface area contributed by atoms with Crippen LogP contribution >= 0.6 is 0 Å². The van der Waals surface area contributed by atoms with Crippen molar-refractivity contribution >= 4 is 5.97 Å². The molecule has 6 heteroatoms. The van der Waals surface area contributed by atoms with E-state index in [2.05, 4.69) is 10.0 Å². The molecule has 0 saturated carbocycles. The highest BCUT2D eigenvalue weighted by Crippen LogP contribution is 1.88. The number of hydrogen-bond acceptors (Lipinski definition) is 3. The molecule has 6 nitrogen and oxygen atoms in total. The predicted molar refractivity (Wildman–Crippen MR) is 34.2 cm³/mol. The largest absolute Gasteiger partial charge is 0.480 e. The summed E-state index contributed by atoms with van der Waals surface area (Å²) in [5.74, 6) is -1.08. The zero-order chi connectivity index (χ0) is 7.98. The van der Waals surface area contributed by atoms with Crippen molar-refractivity contribution in [2.75, 3.05) is 6.54 Å². The van der Waals surface area contributed by atoms with Crippen LogP contribution in [0.5, 0.6) is 0 Å². The normalized spacial score (nSPS) is 11.7. The Morgan fingerprint density at radius 1 is 1.90 bits per heavy atom. The van der Waals surface area contributed by atoms with Crippen LogP contribution in [-0.2, 0) is 4.79 Å². The molecule has 0 amide bonds. The van der Waals surface area contributed by atoms with E-state index in [1.807, 2.05) is 0 Å². The van der Waals surface area contributed by atoms with Crippen molar-refractivity contribution in [1.82, 2.24) is 0 Å². The molecule has 0 aliphatic rings. The zero-order valence-corrected chi connectivity index (χ0v) is 5.27. The van der Waals surface area contributed by atoms with E-state index in [0.717, 1.165) is 0 Å². The molecule has 0 aliphatic carbocycles. The Kier molecular flexibility index (Phi) is 4.02. The molecule has 0 heterocycles. The van der Waals surface area contributed by atoms with E-state index in [-0.39, 0.29) is 13.0 Å². The summed E-state index contributed by atoms with van der Waals surface area (Å²) in [6, 6.07) is -0.925. The van der Waals surface area contributed by atoms with Gasteiger partial charge in [0.2, 0.25) is 0 Å². The van der Waals surface area contributed by atoms with Crippen LogP contribution in [-0.4, -0.2) is 23.7 Å². The molecule has 1 atom stereocenters. The number of azide groups is 1. The molecule has 0 rings (SSSR count). The van der Waals surface area contributed by atoms with Gasteiger partial charge in [0, 0.05) is 11.5 Å². The highest BCUT2D eigenvalue weighted by Gasteiger charge is 2.08. The Hall–Kier alpha value is -1.26. The minimum atomic E-state index is -1.08. The van der Waals surface area contributed by atoms with Gasteiger partial charge in [-0.25, -0.2) is 0 Å². The average Bonchev–Trinajstić information content (AvgIpc) is 1.88. The SMILES string of the molecule is [N-]=[N+]=NCC[C@@H](N)C(=O)O. The van der Waals surface area contributed by atoms with Crippen LogP contribution in [0.1, 0.15) is 6.42 Å². The van der Waals surface area contributed by atoms with Gasteiger partial charge in [0.05, 0.1) is 0 Å². The van der Waals surface area contributed by atoms with E-state index in [0.29, 0.717) is 0 Å². The van der Waals surface area contributed by atoms with Gasteiger partial charge in [-0.05, 0) is 12.0 Å². The molecule has 0 radical (unpaired) electrons. The predicted octanol–water partition coefficient (Wildman–Crippen LogP) is 0.0987. The molecule has 0 aromatic rings. The zero-order valence-electron chi connectivity index (χ0n) is 5.27. The third-order valence-corrected chi connectivity index (χ3v) is 0.921. The summed E-state index contributed by atoms with van der Waals surface area (Å²) < 4.78 is 0. The smallest absolute Gasteiger partial charge is 0.320 e. The topological polar surface area (TPSA) is 112 Å². The van der Waals surface area contributed by atoms with Crippen molar-refractivity contribution in [2.24, 2.45) is 10.8 Å². The maximum Gasteiger partial charge on any atom is 0.320 e. The first-order valence-electron chi connectivity index (χ1n) is 2.67. The van der Waals surface area contributed by atoms with Crippen molar-refractivity contribution < 1.29 is 9.90 Å². The summed E-state index contributed by atoms with van der Waals surface area (Å²) in [5, 5.41) is 11.4. The Bertz CT molecular complexity index is 163. The lowest BCUT2D eigenvalue weighted by molar-refractivity contribution is -0.138. The maximum absolute atomic E-state index is 10.0. The Morgan fingerprint density at radius 2 is 2.50 bits per heavy atom. The molecule has 0 fully saturated rings. The molecule has 0 unspecified atom stereocenters. The van der Waals surface area contributed by atoms with Crippen LogP contribution in [0.4, 0.5) is 0 Å². The van der Waals surface area contributed by atoms with Crippen molar-refractivity contribution in [2.45, 2.75) is 12.5 Å². The average molecular weight is 144 g/mol. The molecule has 0 spiro atoms. The minimum Gasteiger partial charge on any atom is -0.480 e. The molecule has 0 saturated heterocycles. The summed E-state index contributed by atoms with van der Waals surface area (Å²) in [4.78, 5) is 12.5. The van der Waals surface area contributed by atoms with E-state index in [9.17, 15) is 4.79 Å². The van der Waals surface area contributed by atoms with E-state index in [1.54, 1.807) is 0 Å². The molecular weight excluding hydrogens is 136 g/mol. The highest BCUT2D eigenvalue weighted by molar-refractivity contribution is 5.72. The standard InChI is InChI=1S/C4H8N4O2/c5-3(4(9)10)1-2-7-8-6/h3H,1-2,5H2,(H,9,10)/t3-/m1/s1. The molecule has 0 bridgehead atoms. The first-order valence-corrected chi connectivity index (χ1v) is 2.67. The number of nitrogens with zero attached hydrogens (tertiary/aromatic N) is 3. The fourth-order valence-corrected chi connectivity index (χ4v) is 0.365. The fourth-order valence-electron chi connectivity index (χ4n) is 0.365. The molecule has 0 aromatic heterocycles. The summed E-state index contributed by atoms with van der Waals surface area (Å²) in [6.45, 7) is 0.129. The first-order chi connectivity index (χ1) is 4.68. The molecule has 0 aliphatic heterocycles. The molecule has 0 aromatic carbocycles. The number of carboxylic acid groups (broad SMARTS) is 1. The number of aliphatic carboxylic acids is 1. The van der Waals surface area contributed by atoms with Crippen LogP contribution in [0.3, 0.4) is 0 Å². The maximum atomic E-state index is 10.0. The monoisotopic (exact) mass is 144 g/mol. The molecule has 10 heavy (non-hydrogen) atoms. The number of carboxylic acids is 1. The van der Waals surface area contributed by atoms with E-state index in [1.165, 1.54) is 0 Å². The third kappa shape index (κ3) is 3.71. The second kappa shape index (κ2) is 4.60. The van der Waals surface area contributed by atoms with Crippen LogP contribution < -0.4 is 5.73 Å². The number of rotatable bonds is 4. The van der Waals surface area contributed by atoms with Gasteiger partial charge in [0.25, 0.3) is 0 Å². The van der Waals surface area contributed by atoms with Crippen LogP contribution in [0.25, 0.3) is 10.4 Å². The van der Waals surface area contributed by atoms with Gasteiger partial charge in [0.1, 0.15) is 6.04 Å². The van der Waals surface area contributed by atoms with Crippen molar-refractivity contribution in [1.29, 1.82) is 0 Å². The lowest BCUT2D eigenvalue weighted by Gasteiger charge is -2.00. The summed E-state index contributed by atoms with van der Waals surface area (Å²) in [5.41, 5.74) is 12.9. The first kappa shape index (κ1) is 8.74. The lowest BCUT2D eigenvalue weighted by atomic mass is 10.2. The summed E-state index contributed by atoms with van der Waals surface area (Å²) in [6.07, 6.45) is 0.180. The van der Waals surface area contributed by atoms with Crippen molar-refractivity contribution in [3.8, 4) is 0 Å². The molecule has 3 N–H and O–H groups in total. The Balaban J connectivity index is 3.48. The second-order valence-electron chi connectivity index (χ2n) is 1.69. The van der Waals surface area contributed by atoms with E-state index >= 15 is 0 Å². The van der Waals surface area contributed by atoms with Gasteiger partial charge in [0.15, 0.2) is 0 Å². The number of nitrogens with two attached hydrogens (primary N) is 1. The lowest BCUT2D eigenvalue weighted by Crippen LogP contribution is -2.30. The van der Waals surface area contributed by atoms with Crippen molar-refractivity contribution in [3.05, 3.63) is 10.4 Å². The van der Waals surface area contributed by atoms with Gasteiger partial charge in [-0.15, -0.1) is 0 Å². The number of hydrogen-bond donors (Lipinski definition) is 2. The van der Waals surface area contributed by atoms with Crippen molar-refractivity contribution in [3.63, 3.8) is 0 Å². The minimum absolute atomic E-state index is 0.129. The van der Waals surface area contributed by atoms with Crippen LogP contribution in [0, 0.1) is 0 Å². The second-order valence-corrected chi connectivity index (χ2v) is 1.69. The van der Waals surface area contributed by atoms with Crippen LogP contribution in [0.15, 0.2) is 5.11 Å². The molecule has 56 valence electrons. The van der Waals surface area contributed by atoms with E-state index in [4.69, 9.17) is 16.4 Å².